The average molecular weight is 437 g/mol. The van der Waals surface area contributed by atoms with Crippen molar-refractivity contribution >= 4 is 49.2 Å². The Morgan fingerprint density at radius 2 is 1.68 bits per heavy atom. The van der Waals surface area contributed by atoms with Gasteiger partial charge in [-0.05, 0) is 43.2 Å². The van der Waals surface area contributed by atoms with Gasteiger partial charge in [-0.3, -0.25) is 9.10 Å². The number of benzene rings is 3. The summed E-state index contributed by atoms with van der Waals surface area (Å²) in [7, 11) is -3.45. The lowest BCUT2D eigenvalue weighted by molar-refractivity contribution is -0.116. The van der Waals surface area contributed by atoms with Gasteiger partial charge >= 0.3 is 0 Å². The largest absolute Gasteiger partial charge is 0.456 e. The number of anilines is 2. The number of nitrogens with zero attached hydrogens (tertiary/aromatic N) is 1. The second-order valence-electron chi connectivity index (χ2n) is 7.58. The first-order valence-corrected chi connectivity index (χ1v) is 11.9. The number of hydrogen-bond acceptors (Lipinski definition) is 4. The van der Waals surface area contributed by atoms with Gasteiger partial charge in [-0.1, -0.05) is 36.4 Å². The maximum atomic E-state index is 12.4. The number of aryl methyl sites for hydroxylation is 1. The fourth-order valence-electron chi connectivity index (χ4n) is 3.72. The summed E-state index contributed by atoms with van der Waals surface area (Å²) in [5, 5.41) is 4.91. The second kappa shape index (κ2) is 8.43. The number of rotatable bonds is 7. The predicted octanol–water partition coefficient (Wildman–Crippen LogP) is 5.08. The highest BCUT2D eigenvalue weighted by Crippen LogP contribution is 2.30. The Bertz CT molecular complexity index is 1360. The summed E-state index contributed by atoms with van der Waals surface area (Å²) in [4.78, 5) is 12.4. The van der Waals surface area contributed by atoms with E-state index in [0.717, 1.165) is 21.9 Å². The van der Waals surface area contributed by atoms with Gasteiger partial charge in [0, 0.05) is 35.5 Å². The summed E-state index contributed by atoms with van der Waals surface area (Å²) in [5.74, 6) is -0.173. The van der Waals surface area contributed by atoms with E-state index in [-0.39, 0.29) is 18.9 Å². The van der Waals surface area contributed by atoms with Crippen LogP contribution in [0.2, 0.25) is 0 Å². The van der Waals surface area contributed by atoms with Crippen molar-refractivity contribution in [1.29, 1.82) is 0 Å². The zero-order valence-electron chi connectivity index (χ0n) is 17.5. The smallest absolute Gasteiger partial charge is 0.232 e. The molecule has 4 rings (SSSR count). The Labute approximate surface area is 181 Å². The average Bonchev–Trinajstić information content (AvgIpc) is 3.09. The van der Waals surface area contributed by atoms with Gasteiger partial charge in [-0.15, -0.1) is 0 Å². The molecular weight excluding hydrogens is 412 g/mol. The minimum atomic E-state index is -3.45. The lowest BCUT2D eigenvalue weighted by Gasteiger charge is -2.24. The third-order valence-electron chi connectivity index (χ3n) is 5.21. The van der Waals surface area contributed by atoms with Crippen molar-refractivity contribution in [3.05, 3.63) is 72.3 Å². The van der Waals surface area contributed by atoms with Crippen LogP contribution in [0.25, 0.3) is 21.9 Å². The molecule has 0 saturated heterocycles. The molecule has 0 spiro atoms. The fraction of sp³-hybridized carbons (Fsp3) is 0.208. The van der Waals surface area contributed by atoms with E-state index in [9.17, 15) is 13.2 Å². The SMILES string of the molecule is Cc1ccccc1N(CCCC(=O)Nc1ccc2c(c1)oc1ccccc12)S(C)(=O)=O. The maximum Gasteiger partial charge on any atom is 0.232 e. The van der Waals surface area contributed by atoms with E-state index in [1.807, 2.05) is 61.5 Å². The molecule has 7 heteroatoms. The molecule has 1 aromatic heterocycles. The quantitative estimate of drug-likeness (QED) is 0.438. The Morgan fingerprint density at radius 3 is 2.45 bits per heavy atom. The minimum absolute atomic E-state index is 0.173. The molecule has 0 aliphatic heterocycles. The van der Waals surface area contributed by atoms with Gasteiger partial charge < -0.3 is 9.73 Å². The number of nitrogens with one attached hydrogen (secondary N) is 1. The Morgan fingerprint density at radius 1 is 0.968 bits per heavy atom. The Kier molecular flexibility index (Phi) is 5.69. The van der Waals surface area contributed by atoms with Crippen molar-refractivity contribution in [3.8, 4) is 0 Å². The lowest BCUT2D eigenvalue weighted by atomic mass is 10.1. The Hall–Kier alpha value is -3.32. The predicted molar refractivity (Wildman–Crippen MR) is 125 cm³/mol. The van der Waals surface area contributed by atoms with Crippen molar-refractivity contribution in [2.24, 2.45) is 0 Å². The summed E-state index contributed by atoms with van der Waals surface area (Å²) >= 11 is 0. The van der Waals surface area contributed by atoms with Gasteiger partial charge in [0.05, 0.1) is 11.9 Å². The number of carbonyl (C=O) groups is 1. The molecule has 0 fully saturated rings. The van der Waals surface area contributed by atoms with E-state index in [2.05, 4.69) is 5.32 Å². The molecule has 0 atom stereocenters. The monoisotopic (exact) mass is 436 g/mol. The van der Waals surface area contributed by atoms with Crippen LogP contribution in [0.1, 0.15) is 18.4 Å². The molecule has 3 aromatic carbocycles. The van der Waals surface area contributed by atoms with Gasteiger partial charge in [-0.2, -0.15) is 0 Å². The number of amides is 1. The molecule has 0 unspecified atom stereocenters. The first-order valence-electron chi connectivity index (χ1n) is 10.1. The van der Waals surface area contributed by atoms with Crippen LogP contribution in [0.5, 0.6) is 0 Å². The molecule has 160 valence electrons. The molecule has 0 bridgehead atoms. The molecule has 6 nitrogen and oxygen atoms in total. The molecule has 1 N–H and O–H groups in total. The lowest BCUT2D eigenvalue weighted by Crippen LogP contribution is -2.32. The number of carbonyl (C=O) groups excluding carboxylic acids is 1. The van der Waals surface area contributed by atoms with Gasteiger partial charge in [0.1, 0.15) is 11.2 Å². The van der Waals surface area contributed by atoms with Crippen molar-refractivity contribution < 1.29 is 17.6 Å². The van der Waals surface area contributed by atoms with Gasteiger partial charge in [0.2, 0.25) is 15.9 Å². The van der Waals surface area contributed by atoms with Crippen LogP contribution in [-0.4, -0.2) is 27.1 Å². The van der Waals surface area contributed by atoms with E-state index < -0.39 is 10.0 Å². The van der Waals surface area contributed by atoms with Crippen LogP contribution in [0, 0.1) is 6.92 Å². The zero-order valence-corrected chi connectivity index (χ0v) is 18.3. The number of para-hydroxylation sites is 2. The van der Waals surface area contributed by atoms with Crippen molar-refractivity contribution in [2.75, 3.05) is 22.4 Å². The molecule has 1 heterocycles. The standard InChI is InChI=1S/C24H24N2O4S/c1-17-8-3-5-10-21(17)26(31(2,28)29)15-7-12-24(27)25-18-13-14-20-19-9-4-6-11-22(19)30-23(20)16-18/h3-6,8-11,13-14,16H,7,12,15H2,1-2H3,(H,25,27). The van der Waals surface area contributed by atoms with Crippen molar-refractivity contribution in [1.82, 2.24) is 0 Å². The minimum Gasteiger partial charge on any atom is -0.456 e. The van der Waals surface area contributed by atoms with Crippen LogP contribution < -0.4 is 9.62 Å². The van der Waals surface area contributed by atoms with Crippen LogP contribution in [0.15, 0.2) is 71.1 Å². The zero-order chi connectivity index (χ0) is 22.0. The highest BCUT2D eigenvalue weighted by Gasteiger charge is 2.19. The van der Waals surface area contributed by atoms with Crippen LogP contribution >= 0.6 is 0 Å². The summed E-state index contributed by atoms with van der Waals surface area (Å²) in [6.45, 7) is 2.11. The van der Waals surface area contributed by atoms with E-state index >= 15 is 0 Å². The maximum absolute atomic E-state index is 12.4. The molecule has 31 heavy (non-hydrogen) atoms. The van der Waals surface area contributed by atoms with Crippen molar-refractivity contribution in [3.63, 3.8) is 0 Å². The Balaban J connectivity index is 1.41. The molecule has 0 saturated carbocycles. The molecule has 0 aliphatic rings. The number of hydrogen-bond donors (Lipinski definition) is 1. The molecule has 0 radical (unpaired) electrons. The summed E-state index contributed by atoms with van der Waals surface area (Å²) < 4.78 is 31.7. The van der Waals surface area contributed by atoms with E-state index in [4.69, 9.17) is 4.42 Å². The first-order chi connectivity index (χ1) is 14.8. The molecule has 4 aromatic rings. The summed E-state index contributed by atoms with van der Waals surface area (Å²) in [6, 6.07) is 20.7. The van der Waals surface area contributed by atoms with E-state index in [0.29, 0.717) is 23.4 Å². The first kappa shape index (κ1) is 20.9. The van der Waals surface area contributed by atoms with Crippen LogP contribution in [0.3, 0.4) is 0 Å². The third kappa shape index (κ3) is 4.56. The van der Waals surface area contributed by atoms with Gasteiger partial charge in [0.15, 0.2) is 0 Å². The number of sulfonamides is 1. The van der Waals surface area contributed by atoms with E-state index in [1.54, 1.807) is 12.1 Å². The van der Waals surface area contributed by atoms with E-state index in [1.165, 1.54) is 10.6 Å². The number of fused-ring (bicyclic) bond motifs is 3. The number of furan rings is 1. The van der Waals surface area contributed by atoms with Gasteiger partial charge in [-0.25, -0.2) is 8.42 Å². The normalized spacial score (nSPS) is 11.7. The summed E-state index contributed by atoms with van der Waals surface area (Å²) in [6.07, 6.45) is 1.79. The topological polar surface area (TPSA) is 79.6 Å². The highest BCUT2D eigenvalue weighted by molar-refractivity contribution is 7.92. The van der Waals surface area contributed by atoms with Gasteiger partial charge in [0.25, 0.3) is 0 Å². The third-order valence-corrected chi connectivity index (χ3v) is 6.39. The second-order valence-corrected chi connectivity index (χ2v) is 9.49. The fourth-order valence-corrected chi connectivity index (χ4v) is 4.74. The van der Waals surface area contributed by atoms with Crippen molar-refractivity contribution in [2.45, 2.75) is 19.8 Å². The molecular formula is C24H24N2O4S. The molecule has 0 aliphatic carbocycles. The van der Waals surface area contributed by atoms with Crippen LogP contribution in [-0.2, 0) is 14.8 Å². The molecule has 1 amide bonds. The summed E-state index contributed by atoms with van der Waals surface area (Å²) in [5.41, 5.74) is 3.67. The highest BCUT2D eigenvalue weighted by atomic mass is 32.2. The van der Waals surface area contributed by atoms with Crippen LogP contribution in [0.4, 0.5) is 11.4 Å².